The lowest BCUT2D eigenvalue weighted by Gasteiger charge is -2.25. The molecule has 0 saturated carbocycles. The molecule has 9 heteroatoms. The van der Waals surface area contributed by atoms with Gasteiger partial charge in [-0.05, 0) is 36.6 Å². The number of benzene rings is 2. The molecule has 2 aromatic carbocycles. The number of fused-ring (bicyclic) bond motifs is 1. The number of imide groups is 1. The number of carbonyl (C=O) groups is 4. The van der Waals surface area contributed by atoms with Gasteiger partial charge in [0.15, 0.2) is 6.61 Å². The number of nitrogens with one attached hydrogen (secondary N) is 1. The first-order valence-electron chi connectivity index (χ1n) is 9.58. The highest BCUT2D eigenvalue weighted by Gasteiger charge is 2.43. The molecular formula is C22H20F2N2O5. The van der Waals surface area contributed by atoms with Gasteiger partial charge >= 0.3 is 5.97 Å². The van der Waals surface area contributed by atoms with Gasteiger partial charge in [-0.25, -0.2) is 13.6 Å². The average molecular weight is 430 g/mol. The van der Waals surface area contributed by atoms with Crippen molar-refractivity contribution in [2.24, 2.45) is 5.92 Å². The van der Waals surface area contributed by atoms with Crippen LogP contribution in [0.3, 0.4) is 0 Å². The van der Waals surface area contributed by atoms with Gasteiger partial charge in [0.1, 0.15) is 23.4 Å². The van der Waals surface area contributed by atoms with Gasteiger partial charge in [-0.15, -0.1) is 0 Å². The number of anilines is 1. The minimum absolute atomic E-state index is 0.0804. The van der Waals surface area contributed by atoms with Crippen LogP contribution in [0.15, 0.2) is 42.5 Å². The van der Waals surface area contributed by atoms with Crippen molar-refractivity contribution in [3.8, 4) is 0 Å². The number of nitrogens with zero attached hydrogens (tertiary/aromatic N) is 1. The van der Waals surface area contributed by atoms with E-state index in [2.05, 4.69) is 0 Å². The number of hydrogen-bond acceptors (Lipinski definition) is 5. The number of ether oxygens (including phenoxy) is 1. The molecule has 1 aliphatic rings. The van der Waals surface area contributed by atoms with Crippen molar-refractivity contribution in [2.75, 3.05) is 11.9 Å². The molecule has 0 aromatic heterocycles. The Morgan fingerprint density at radius 1 is 0.968 bits per heavy atom. The number of amides is 3. The van der Waals surface area contributed by atoms with Gasteiger partial charge in [0.25, 0.3) is 17.7 Å². The number of hydrogen-bond donors (Lipinski definition) is 1. The van der Waals surface area contributed by atoms with Crippen molar-refractivity contribution >= 4 is 29.4 Å². The molecule has 0 bridgehead atoms. The minimum atomic E-state index is -1.25. The maximum Gasteiger partial charge on any atom is 0.329 e. The van der Waals surface area contributed by atoms with Crippen LogP contribution in [-0.4, -0.2) is 41.2 Å². The average Bonchev–Trinajstić information content (AvgIpc) is 2.98. The number of esters is 1. The van der Waals surface area contributed by atoms with Crippen LogP contribution in [0, 0.1) is 17.6 Å². The van der Waals surface area contributed by atoms with Crippen LogP contribution >= 0.6 is 0 Å². The zero-order valence-corrected chi connectivity index (χ0v) is 16.9. The van der Waals surface area contributed by atoms with Crippen LogP contribution in [0.2, 0.25) is 0 Å². The van der Waals surface area contributed by atoms with Crippen LogP contribution < -0.4 is 5.32 Å². The molecule has 1 atom stereocenters. The van der Waals surface area contributed by atoms with E-state index in [0.29, 0.717) is 0 Å². The summed E-state index contributed by atoms with van der Waals surface area (Å²) in [4.78, 5) is 51.0. The van der Waals surface area contributed by atoms with Crippen molar-refractivity contribution < 1.29 is 32.7 Å². The fourth-order valence-electron chi connectivity index (χ4n) is 3.27. The lowest BCUT2D eigenvalue weighted by atomic mass is 10.0. The molecule has 0 saturated heterocycles. The monoisotopic (exact) mass is 430 g/mol. The van der Waals surface area contributed by atoms with Gasteiger partial charge in [-0.2, -0.15) is 0 Å². The summed E-state index contributed by atoms with van der Waals surface area (Å²) in [6.07, 6.45) is 0.119. The molecule has 7 nitrogen and oxygen atoms in total. The number of rotatable bonds is 7. The number of para-hydroxylation sites is 1. The van der Waals surface area contributed by atoms with Gasteiger partial charge < -0.3 is 10.1 Å². The lowest BCUT2D eigenvalue weighted by Crippen LogP contribution is -2.46. The van der Waals surface area contributed by atoms with Crippen LogP contribution in [0.4, 0.5) is 14.5 Å². The Morgan fingerprint density at radius 2 is 1.52 bits per heavy atom. The van der Waals surface area contributed by atoms with Crippen LogP contribution in [0.5, 0.6) is 0 Å². The highest BCUT2D eigenvalue weighted by atomic mass is 19.1. The summed E-state index contributed by atoms with van der Waals surface area (Å²) in [6.45, 7) is 2.75. The Labute approximate surface area is 177 Å². The summed E-state index contributed by atoms with van der Waals surface area (Å²) in [6, 6.07) is 8.01. The molecular weight excluding hydrogens is 410 g/mol. The first kappa shape index (κ1) is 22.1. The Hall–Kier alpha value is -3.62. The van der Waals surface area contributed by atoms with E-state index in [1.54, 1.807) is 26.0 Å². The fraction of sp³-hybridized carbons (Fsp3) is 0.273. The highest BCUT2D eigenvalue weighted by Crippen LogP contribution is 2.27. The molecule has 3 amide bonds. The highest BCUT2D eigenvalue weighted by molar-refractivity contribution is 6.22. The molecule has 0 radical (unpaired) electrons. The van der Waals surface area contributed by atoms with Crippen molar-refractivity contribution in [3.05, 3.63) is 65.2 Å². The number of halogens is 2. The van der Waals surface area contributed by atoms with Crippen LogP contribution in [-0.2, 0) is 14.3 Å². The van der Waals surface area contributed by atoms with E-state index in [1.807, 2.05) is 5.32 Å². The van der Waals surface area contributed by atoms with Gasteiger partial charge in [-0.3, -0.25) is 19.3 Å². The SMILES string of the molecule is CC(C)C[C@@H](C(=O)OCC(=O)Nc1c(F)cccc1F)N1C(=O)c2ccccc2C1=O. The molecule has 31 heavy (non-hydrogen) atoms. The van der Waals surface area contributed by atoms with Crippen LogP contribution in [0.25, 0.3) is 0 Å². The second-order valence-corrected chi connectivity index (χ2v) is 7.42. The summed E-state index contributed by atoms with van der Waals surface area (Å²) < 4.78 is 32.3. The molecule has 0 fully saturated rings. The molecule has 162 valence electrons. The van der Waals surface area contributed by atoms with E-state index in [-0.39, 0.29) is 23.5 Å². The third-order valence-corrected chi connectivity index (χ3v) is 4.68. The quantitative estimate of drug-likeness (QED) is 0.538. The zero-order valence-electron chi connectivity index (χ0n) is 16.9. The maximum atomic E-state index is 13.7. The van der Waals surface area contributed by atoms with Crippen LogP contribution in [0.1, 0.15) is 41.0 Å². The number of carbonyl (C=O) groups excluding carboxylic acids is 4. The predicted octanol–water partition coefficient (Wildman–Crippen LogP) is 3.16. The minimum Gasteiger partial charge on any atom is -0.454 e. The van der Waals surface area contributed by atoms with Crippen molar-refractivity contribution in [1.82, 2.24) is 4.90 Å². The van der Waals surface area contributed by atoms with E-state index in [0.717, 1.165) is 23.1 Å². The van der Waals surface area contributed by atoms with Gasteiger partial charge in [-0.1, -0.05) is 32.0 Å². The standard InChI is InChI=1S/C22H20F2N2O5/c1-12(2)10-17(26-20(28)13-6-3-4-7-14(13)21(26)29)22(30)31-11-18(27)25-19-15(23)8-5-9-16(19)24/h3-9,12,17H,10-11H2,1-2H3,(H,25,27)/t17-/m0/s1. The third kappa shape index (κ3) is 4.60. The van der Waals surface area contributed by atoms with Crippen molar-refractivity contribution in [1.29, 1.82) is 0 Å². The molecule has 3 rings (SSSR count). The third-order valence-electron chi connectivity index (χ3n) is 4.68. The summed E-state index contributed by atoms with van der Waals surface area (Å²) >= 11 is 0. The van der Waals surface area contributed by atoms with E-state index >= 15 is 0 Å². The topological polar surface area (TPSA) is 92.8 Å². The molecule has 2 aromatic rings. The summed E-state index contributed by atoms with van der Waals surface area (Å²) in [5.41, 5.74) is -0.300. The predicted molar refractivity (Wildman–Crippen MR) is 106 cm³/mol. The first-order chi connectivity index (χ1) is 14.7. The van der Waals surface area contributed by atoms with Gasteiger partial charge in [0.2, 0.25) is 0 Å². The smallest absolute Gasteiger partial charge is 0.329 e. The van der Waals surface area contributed by atoms with Crippen molar-refractivity contribution in [2.45, 2.75) is 26.3 Å². The Balaban J connectivity index is 1.72. The summed E-state index contributed by atoms with van der Waals surface area (Å²) in [5, 5.41) is 2.00. The Bertz CT molecular complexity index is 999. The molecule has 1 aliphatic heterocycles. The second-order valence-electron chi connectivity index (χ2n) is 7.42. The van der Waals surface area contributed by atoms with E-state index < -0.39 is 53.7 Å². The summed E-state index contributed by atoms with van der Waals surface area (Å²) in [7, 11) is 0. The Kier molecular flexibility index (Phi) is 6.43. The normalized spacial score (nSPS) is 13.9. The molecule has 1 N–H and O–H groups in total. The lowest BCUT2D eigenvalue weighted by molar-refractivity contribution is -0.151. The van der Waals surface area contributed by atoms with E-state index in [9.17, 15) is 28.0 Å². The summed E-state index contributed by atoms with van der Waals surface area (Å²) in [5.74, 6) is -5.23. The molecule has 0 spiro atoms. The van der Waals surface area contributed by atoms with E-state index in [1.165, 1.54) is 12.1 Å². The van der Waals surface area contributed by atoms with Crippen molar-refractivity contribution in [3.63, 3.8) is 0 Å². The molecule has 0 aliphatic carbocycles. The largest absolute Gasteiger partial charge is 0.454 e. The molecule has 0 unspecified atom stereocenters. The van der Waals surface area contributed by atoms with E-state index in [4.69, 9.17) is 4.74 Å². The van der Waals surface area contributed by atoms with Gasteiger partial charge in [0.05, 0.1) is 11.1 Å². The second kappa shape index (κ2) is 9.03. The molecule has 1 heterocycles. The fourth-order valence-corrected chi connectivity index (χ4v) is 3.27. The zero-order chi connectivity index (χ0) is 22.7. The first-order valence-corrected chi connectivity index (χ1v) is 9.58. The Morgan fingerprint density at radius 3 is 2.03 bits per heavy atom. The maximum absolute atomic E-state index is 13.7. The van der Waals surface area contributed by atoms with Gasteiger partial charge in [0, 0.05) is 0 Å².